The van der Waals surface area contributed by atoms with Crippen LogP contribution in [0.1, 0.15) is 18.4 Å². The van der Waals surface area contributed by atoms with Gasteiger partial charge in [-0.3, -0.25) is 0 Å². The van der Waals surface area contributed by atoms with Gasteiger partial charge in [0.2, 0.25) is 0 Å². The zero-order valence-electron chi connectivity index (χ0n) is 18.4. The summed E-state index contributed by atoms with van der Waals surface area (Å²) >= 11 is 1.78. The smallest absolute Gasteiger partial charge is 0.187 e. The van der Waals surface area contributed by atoms with Gasteiger partial charge in [0.25, 0.3) is 0 Å². The number of benzene rings is 3. The third kappa shape index (κ3) is 3.64. The van der Waals surface area contributed by atoms with Gasteiger partial charge in [0.05, 0.1) is 11.3 Å². The number of anilines is 3. The fourth-order valence-corrected chi connectivity index (χ4v) is 5.70. The minimum Gasteiger partial charge on any atom is -0.471 e. The van der Waals surface area contributed by atoms with Gasteiger partial charge in [-0.1, -0.05) is 60.7 Å². The molecule has 0 unspecified atom stereocenters. The molecule has 0 atom stereocenters. The lowest BCUT2D eigenvalue weighted by Gasteiger charge is -2.19. The Morgan fingerprint density at radius 1 is 0.818 bits per heavy atom. The summed E-state index contributed by atoms with van der Waals surface area (Å²) in [5.41, 5.74) is 7.77. The maximum atomic E-state index is 6.11. The Hall–Kier alpha value is -3.70. The van der Waals surface area contributed by atoms with Gasteiger partial charge < -0.3 is 15.1 Å². The molecule has 33 heavy (non-hydrogen) atoms. The predicted molar refractivity (Wildman–Crippen MR) is 145 cm³/mol. The minimum absolute atomic E-state index is 0.944. The van der Waals surface area contributed by atoms with E-state index in [1.165, 1.54) is 26.6 Å². The zero-order valence-corrected chi connectivity index (χ0v) is 19.2. The first kappa shape index (κ1) is 20.0. The highest BCUT2D eigenvalue weighted by Crippen LogP contribution is 2.43. The monoisotopic (exact) mass is 446 g/mol. The summed E-state index contributed by atoms with van der Waals surface area (Å²) in [7, 11) is 2.07. The average Bonchev–Trinajstić information content (AvgIpc) is 3.37. The lowest BCUT2D eigenvalue weighted by atomic mass is 9.88. The number of nitrogens with one attached hydrogen (secondary N) is 2. The summed E-state index contributed by atoms with van der Waals surface area (Å²) in [6.45, 7) is 0. The summed E-state index contributed by atoms with van der Waals surface area (Å²) in [5.74, 6) is 0. The highest BCUT2D eigenvalue weighted by atomic mass is 32.1. The molecule has 1 aliphatic carbocycles. The number of rotatable bonds is 5. The molecule has 5 aromatic rings. The molecular formula is C28H23BN2OS. The Morgan fingerprint density at radius 2 is 1.58 bits per heavy atom. The predicted octanol–water partition coefficient (Wildman–Crippen LogP) is 6.82. The molecular weight excluding hydrogens is 423 g/mol. The van der Waals surface area contributed by atoms with Crippen molar-refractivity contribution in [2.75, 3.05) is 10.6 Å². The van der Waals surface area contributed by atoms with Crippen LogP contribution < -0.4 is 16.3 Å². The van der Waals surface area contributed by atoms with E-state index in [4.69, 9.17) is 4.42 Å². The second-order valence-corrected chi connectivity index (χ2v) is 9.33. The zero-order chi connectivity index (χ0) is 22.2. The van der Waals surface area contributed by atoms with Crippen LogP contribution in [0.5, 0.6) is 0 Å². The number of thiophene rings is 1. The molecule has 0 spiro atoms. The van der Waals surface area contributed by atoms with Gasteiger partial charge in [0.1, 0.15) is 10.6 Å². The fraction of sp³-hybridized carbons (Fsp3) is 0.0714. The second-order valence-electron chi connectivity index (χ2n) is 8.28. The molecule has 2 N–H and O–H groups in total. The second kappa shape index (κ2) is 8.34. The van der Waals surface area contributed by atoms with Gasteiger partial charge in [-0.05, 0) is 48.8 Å². The van der Waals surface area contributed by atoms with Crippen molar-refractivity contribution >= 4 is 67.8 Å². The van der Waals surface area contributed by atoms with Crippen molar-refractivity contribution in [2.24, 2.45) is 0 Å². The van der Waals surface area contributed by atoms with Crippen molar-refractivity contribution in [3.8, 4) is 0 Å². The first-order chi connectivity index (χ1) is 16.3. The van der Waals surface area contributed by atoms with Crippen molar-refractivity contribution in [1.82, 2.24) is 0 Å². The molecule has 0 fully saturated rings. The van der Waals surface area contributed by atoms with Gasteiger partial charge in [-0.2, -0.15) is 0 Å². The molecule has 0 aliphatic heterocycles. The lowest BCUT2D eigenvalue weighted by Crippen LogP contribution is -2.11. The SMILES string of the molecule is Bc1oc2ccccc2c1C1=C(Nc2sc3ccccc3c2Nc2ccccc2)C=CCC1. The van der Waals surface area contributed by atoms with E-state index in [2.05, 4.69) is 91.3 Å². The molecule has 2 heterocycles. The van der Waals surface area contributed by atoms with Crippen LogP contribution in [-0.4, -0.2) is 7.85 Å². The van der Waals surface area contributed by atoms with Crippen molar-refractivity contribution in [1.29, 1.82) is 0 Å². The van der Waals surface area contributed by atoms with Gasteiger partial charge >= 0.3 is 0 Å². The number of para-hydroxylation sites is 2. The molecule has 0 radical (unpaired) electrons. The molecule has 2 aromatic heterocycles. The number of furan rings is 1. The summed E-state index contributed by atoms with van der Waals surface area (Å²) < 4.78 is 7.36. The minimum atomic E-state index is 0.944. The van der Waals surface area contributed by atoms with Gasteiger partial charge in [0, 0.05) is 32.4 Å². The number of hydrogen-bond donors (Lipinski definition) is 2. The Balaban J connectivity index is 1.48. The van der Waals surface area contributed by atoms with Crippen LogP contribution in [0.15, 0.2) is 101 Å². The molecule has 0 saturated heterocycles. The quantitative estimate of drug-likeness (QED) is 0.291. The molecule has 160 valence electrons. The third-order valence-electron chi connectivity index (χ3n) is 6.13. The highest BCUT2D eigenvalue weighted by Gasteiger charge is 2.21. The van der Waals surface area contributed by atoms with Crippen LogP contribution in [0.3, 0.4) is 0 Å². The van der Waals surface area contributed by atoms with E-state index >= 15 is 0 Å². The normalized spacial score (nSPS) is 13.7. The van der Waals surface area contributed by atoms with Crippen molar-refractivity contribution in [2.45, 2.75) is 12.8 Å². The van der Waals surface area contributed by atoms with Gasteiger partial charge in [-0.25, -0.2) is 0 Å². The van der Waals surface area contributed by atoms with E-state index in [0.29, 0.717) is 0 Å². The first-order valence-electron chi connectivity index (χ1n) is 11.3. The summed E-state index contributed by atoms with van der Waals surface area (Å²) in [6, 6.07) is 27.2. The molecule has 1 aliphatic rings. The van der Waals surface area contributed by atoms with E-state index in [-0.39, 0.29) is 0 Å². The molecule has 3 aromatic carbocycles. The molecule has 6 rings (SSSR count). The summed E-state index contributed by atoms with van der Waals surface area (Å²) in [4.78, 5) is 0. The van der Waals surface area contributed by atoms with Crippen molar-refractivity contribution in [3.63, 3.8) is 0 Å². The van der Waals surface area contributed by atoms with Crippen molar-refractivity contribution < 1.29 is 4.42 Å². The Morgan fingerprint density at radius 3 is 2.45 bits per heavy atom. The molecule has 0 amide bonds. The van der Waals surface area contributed by atoms with Crippen LogP contribution in [0.4, 0.5) is 16.4 Å². The standard InChI is InChI=1S/C28H23BN2OS/c29-27-25(20-13-5-8-16-23(20)32-27)19-12-4-7-15-22(19)31-28-26(30-18-10-2-1-3-11-18)21-14-6-9-17-24(21)33-28/h1-3,5-11,13-17,30-31H,4,12,29H2. The van der Waals surface area contributed by atoms with Crippen LogP contribution >= 0.6 is 11.3 Å². The van der Waals surface area contributed by atoms with E-state index < -0.39 is 0 Å². The number of allylic oxidation sites excluding steroid dienone is 3. The van der Waals surface area contributed by atoms with Crippen molar-refractivity contribution in [3.05, 3.63) is 102 Å². The largest absolute Gasteiger partial charge is 0.471 e. The van der Waals surface area contributed by atoms with E-state index in [0.717, 1.165) is 46.2 Å². The Bertz CT molecular complexity index is 1530. The lowest BCUT2D eigenvalue weighted by molar-refractivity contribution is 0.652. The Labute approximate surface area is 197 Å². The van der Waals surface area contributed by atoms with Crippen LogP contribution in [-0.2, 0) is 0 Å². The van der Waals surface area contributed by atoms with Crippen LogP contribution in [0.2, 0.25) is 0 Å². The summed E-state index contributed by atoms with van der Waals surface area (Å²) in [6.07, 6.45) is 6.48. The third-order valence-corrected chi connectivity index (χ3v) is 7.22. The van der Waals surface area contributed by atoms with Gasteiger partial charge in [0.15, 0.2) is 7.85 Å². The fourth-order valence-electron chi connectivity index (χ4n) is 4.63. The van der Waals surface area contributed by atoms with E-state index in [1.807, 2.05) is 18.2 Å². The van der Waals surface area contributed by atoms with Crippen LogP contribution in [0.25, 0.3) is 26.6 Å². The van der Waals surface area contributed by atoms with E-state index in [9.17, 15) is 0 Å². The Kier molecular flexibility index (Phi) is 5.04. The molecule has 3 nitrogen and oxygen atoms in total. The molecule has 0 saturated carbocycles. The average molecular weight is 446 g/mol. The summed E-state index contributed by atoms with van der Waals surface area (Å²) in [5, 5.41) is 11.0. The molecule has 0 bridgehead atoms. The topological polar surface area (TPSA) is 37.2 Å². The number of hydrogen-bond acceptors (Lipinski definition) is 4. The van der Waals surface area contributed by atoms with Gasteiger partial charge in [-0.15, -0.1) is 11.3 Å². The van der Waals surface area contributed by atoms with Crippen LogP contribution in [0, 0.1) is 0 Å². The van der Waals surface area contributed by atoms with E-state index in [1.54, 1.807) is 11.3 Å². The first-order valence-corrected chi connectivity index (χ1v) is 12.1. The maximum Gasteiger partial charge on any atom is 0.187 e. The maximum absolute atomic E-state index is 6.11. The number of fused-ring (bicyclic) bond motifs is 2. The highest BCUT2D eigenvalue weighted by molar-refractivity contribution is 7.23. The molecule has 5 heteroatoms.